The van der Waals surface area contributed by atoms with Crippen LogP contribution in [0, 0.1) is 0 Å². The van der Waals surface area contributed by atoms with Gasteiger partial charge in [0.2, 0.25) is 0 Å². The summed E-state index contributed by atoms with van der Waals surface area (Å²) in [5.41, 5.74) is 27.7. The van der Waals surface area contributed by atoms with Crippen molar-refractivity contribution in [3.05, 3.63) is 250 Å². The van der Waals surface area contributed by atoms with E-state index in [0.717, 1.165) is 0 Å². The zero-order valence-corrected chi connectivity index (χ0v) is 37.6. The molecule has 1 unspecified atom stereocenters. The predicted octanol–water partition coefficient (Wildman–Crippen LogP) is 16.8. The average Bonchev–Trinajstić information content (AvgIpc) is 3.81. The Morgan fingerprint density at radius 3 is 1.38 bits per heavy atom. The molecule has 0 amide bonds. The van der Waals surface area contributed by atoms with Crippen LogP contribution in [0.2, 0.25) is 0 Å². The Hall–Kier alpha value is -7.02. The lowest BCUT2D eigenvalue weighted by molar-refractivity contribution is 0.657. The third-order valence-electron chi connectivity index (χ3n) is 15.4. The molecule has 0 nitrogen and oxygen atoms in total. The lowest BCUT2D eigenvalue weighted by atomic mass is 9.75. The second kappa shape index (κ2) is 14.0. The van der Waals surface area contributed by atoms with Gasteiger partial charge in [0.1, 0.15) is 0 Å². The van der Waals surface area contributed by atoms with Gasteiger partial charge in [-0.05, 0) is 129 Å². The van der Waals surface area contributed by atoms with Crippen LogP contribution in [-0.4, -0.2) is 0 Å². The molecule has 0 saturated carbocycles. The van der Waals surface area contributed by atoms with E-state index in [1.807, 2.05) is 0 Å². The Balaban J connectivity index is 1.03. The Bertz CT molecular complexity index is 3340. The molecule has 1 atom stereocenters. The minimum atomic E-state index is -0.211. The largest absolute Gasteiger partial charge is 0.0622 e. The summed E-state index contributed by atoms with van der Waals surface area (Å²) in [4.78, 5) is 0. The van der Waals surface area contributed by atoms with E-state index in [1.54, 1.807) is 0 Å². The summed E-state index contributed by atoms with van der Waals surface area (Å²) in [5.74, 6) is -0.0134. The summed E-state index contributed by atoms with van der Waals surface area (Å²) in [5, 5.41) is 0. The standard InChI is InChI=1S/C64H52/c1-62(2)55-26-16-14-23-52(55)61-46(24-17-27-56(61)62)43-29-32-49-50-34-31-45(39-59(50)64(5,6)57(49)37-43)60(44-30-33-48-47-22-13-15-25-54(47)63(3,4)58(48)38-44)51-35-28-42(40-18-9-7-10-19-40)36-53(51)41-20-11-8-12-21-41/h7-39,60H,1-6H3. The summed E-state index contributed by atoms with van der Waals surface area (Å²) in [6.45, 7) is 14.4. The number of rotatable bonds is 6. The molecule has 0 spiro atoms. The van der Waals surface area contributed by atoms with Crippen molar-refractivity contribution in [2.75, 3.05) is 0 Å². The highest BCUT2D eigenvalue weighted by atomic mass is 14.4. The van der Waals surface area contributed by atoms with Gasteiger partial charge in [0.25, 0.3) is 0 Å². The van der Waals surface area contributed by atoms with Crippen molar-refractivity contribution in [1.29, 1.82) is 0 Å². The molecule has 64 heavy (non-hydrogen) atoms. The van der Waals surface area contributed by atoms with Crippen molar-refractivity contribution in [2.24, 2.45) is 0 Å². The topological polar surface area (TPSA) is 0 Å². The molecule has 0 bridgehead atoms. The fraction of sp³-hybridized carbons (Fsp3) is 0.156. The zero-order chi connectivity index (χ0) is 43.5. The van der Waals surface area contributed by atoms with Gasteiger partial charge in [-0.25, -0.2) is 0 Å². The van der Waals surface area contributed by atoms with Gasteiger partial charge >= 0.3 is 0 Å². The maximum Gasteiger partial charge on any atom is 0.0346 e. The van der Waals surface area contributed by atoms with E-state index in [9.17, 15) is 0 Å². The number of hydrogen-bond acceptors (Lipinski definition) is 0. The molecule has 308 valence electrons. The molecule has 0 aliphatic heterocycles. The quantitative estimate of drug-likeness (QED) is 0.147. The van der Waals surface area contributed by atoms with Crippen LogP contribution in [0.25, 0.3) is 66.8 Å². The van der Waals surface area contributed by atoms with Crippen molar-refractivity contribution < 1.29 is 0 Å². The molecule has 0 fully saturated rings. The van der Waals surface area contributed by atoms with E-state index < -0.39 is 0 Å². The Morgan fingerprint density at radius 2 is 0.719 bits per heavy atom. The van der Waals surface area contributed by atoms with Crippen LogP contribution in [0.4, 0.5) is 0 Å². The van der Waals surface area contributed by atoms with Gasteiger partial charge in [-0.3, -0.25) is 0 Å². The molecular formula is C64H52. The molecule has 12 rings (SSSR count). The van der Waals surface area contributed by atoms with Crippen LogP contribution in [-0.2, 0) is 16.2 Å². The van der Waals surface area contributed by atoms with Crippen molar-refractivity contribution >= 4 is 0 Å². The van der Waals surface area contributed by atoms with Crippen LogP contribution in [0.3, 0.4) is 0 Å². The fourth-order valence-corrected chi connectivity index (χ4v) is 12.0. The van der Waals surface area contributed by atoms with Crippen LogP contribution >= 0.6 is 0 Å². The van der Waals surface area contributed by atoms with Gasteiger partial charge in [0, 0.05) is 22.2 Å². The van der Waals surface area contributed by atoms with Gasteiger partial charge in [-0.2, -0.15) is 0 Å². The van der Waals surface area contributed by atoms with Crippen molar-refractivity contribution in [2.45, 2.75) is 63.7 Å². The molecule has 3 aliphatic rings. The summed E-state index contributed by atoms with van der Waals surface area (Å²) in [6, 6.07) is 76.0. The Morgan fingerprint density at radius 1 is 0.266 bits per heavy atom. The lowest BCUT2D eigenvalue weighted by Gasteiger charge is -2.28. The molecule has 0 saturated heterocycles. The number of fused-ring (bicyclic) bond motifs is 9. The van der Waals surface area contributed by atoms with Crippen LogP contribution in [0.1, 0.15) is 97.5 Å². The molecular weight excluding hydrogens is 769 g/mol. The highest BCUT2D eigenvalue weighted by Crippen LogP contribution is 2.56. The molecule has 0 N–H and O–H groups in total. The Labute approximate surface area is 379 Å². The molecule has 9 aromatic carbocycles. The van der Waals surface area contributed by atoms with E-state index in [2.05, 4.69) is 242 Å². The van der Waals surface area contributed by atoms with Crippen LogP contribution in [0.15, 0.2) is 200 Å². The van der Waals surface area contributed by atoms with Crippen molar-refractivity contribution in [1.82, 2.24) is 0 Å². The average molecular weight is 821 g/mol. The minimum Gasteiger partial charge on any atom is -0.0622 e. The SMILES string of the molecule is CC1(C)c2ccccc2-c2ccc(C(c3ccc4c(c3)C(C)(C)c3cc(-c5cccc6c5-c5ccccc5C6(C)C)ccc3-4)c3ccc(-c4ccccc4)cc3-c3ccccc3)cc21. The molecule has 0 heteroatoms. The lowest BCUT2D eigenvalue weighted by Crippen LogP contribution is -2.17. The normalized spacial score (nSPS) is 15.7. The van der Waals surface area contributed by atoms with Crippen molar-refractivity contribution in [3.63, 3.8) is 0 Å². The summed E-state index contributed by atoms with van der Waals surface area (Å²) in [6.07, 6.45) is 0. The predicted molar refractivity (Wildman–Crippen MR) is 269 cm³/mol. The summed E-state index contributed by atoms with van der Waals surface area (Å²) >= 11 is 0. The summed E-state index contributed by atoms with van der Waals surface area (Å²) < 4.78 is 0. The number of hydrogen-bond donors (Lipinski definition) is 0. The third-order valence-corrected chi connectivity index (χ3v) is 15.4. The van der Waals surface area contributed by atoms with Gasteiger partial charge in [0.15, 0.2) is 0 Å². The van der Waals surface area contributed by atoms with Gasteiger partial charge in [-0.15, -0.1) is 0 Å². The maximum atomic E-state index is 2.56. The van der Waals surface area contributed by atoms with E-state index in [-0.39, 0.29) is 22.2 Å². The molecule has 3 aliphatic carbocycles. The molecule has 9 aromatic rings. The second-order valence-corrected chi connectivity index (χ2v) is 20.0. The first kappa shape index (κ1) is 38.6. The molecule has 0 aromatic heterocycles. The number of benzene rings is 9. The van der Waals surface area contributed by atoms with Crippen LogP contribution < -0.4 is 0 Å². The highest BCUT2D eigenvalue weighted by molar-refractivity contribution is 5.94. The smallest absolute Gasteiger partial charge is 0.0346 e. The fourth-order valence-electron chi connectivity index (χ4n) is 12.0. The highest BCUT2D eigenvalue weighted by Gasteiger charge is 2.40. The van der Waals surface area contributed by atoms with Gasteiger partial charge in [0.05, 0.1) is 0 Å². The first-order valence-corrected chi connectivity index (χ1v) is 23.0. The molecule has 0 radical (unpaired) electrons. The third kappa shape index (κ3) is 5.61. The summed E-state index contributed by atoms with van der Waals surface area (Å²) in [7, 11) is 0. The first-order valence-electron chi connectivity index (χ1n) is 23.0. The van der Waals surface area contributed by atoms with Crippen LogP contribution in [0.5, 0.6) is 0 Å². The van der Waals surface area contributed by atoms with E-state index in [4.69, 9.17) is 0 Å². The monoisotopic (exact) mass is 820 g/mol. The van der Waals surface area contributed by atoms with E-state index in [0.29, 0.717) is 0 Å². The van der Waals surface area contributed by atoms with Gasteiger partial charge in [-0.1, -0.05) is 230 Å². The first-order chi connectivity index (χ1) is 31.0. The van der Waals surface area contributed by atoms with E-state index in [1.165, 1.54) is 117 Å². The van der Waals surface area contributed by atoms with E-state index >= 15 is 0 Å². The second-order valence-electron chi connectivity index (χ2n) is 20.0. The van der Waals surface area contributed by atoms with Gasteiger partial charge < -0.3 is 0 Å². The minimum absolute atomic E-state index is 0.0134. The molecule has 0 heterocycles. The zero-order valence-electron chi connectivity index (χ0n) is 37.6. The van der Waals surface area contributed by atoms with Crippen molar-refractivity contribution in [3.8, 4) is 66.8 Å². The maximum absolute atomic E-state index is 2.56. The Kier molecular flexibility index (Phi) is 8.45.